The summed E-state index contributed by atoms with van der Waals surface area (Å²) in [5.74, 6) is 0. The van der Waals surface area contributed by atoms with Crippen molar-refractivity contribution in [1.82, 2.24) is 9.80 Å². The van der Waals surface area contributed by atoms with Crippen molar-refractivity contribution in [3.05, 3.63) is 35.4 Å². The van der Waals surface area contributed by atoms with Crippen molar-refractivity contribution >= 4 is 0 Å². The number of fused-ring (bicyclic) bond motifs is 2. The van der Waals surface area contributed by atoms with Gasteiger partial charge in [0, 0.05) is 19.7 Å². The second kappa shape index (κ2) is 6.54. The Labute approximate surface area is 140 Å². The molecule has 0 bridgehead atoms. The van der Waals surface area contributed by atoms with Gasteiger partial charge in [0.2, 0.25) is 0 Å². The van der Waals surface area contributed by atoms with Crippen LogP contribution < -0.4 is 0 Å². The molecule has 0 aromatic heterocycles. The molecule has 23 heavy (non-hydrogen) atoms. The van der Waals surface area contributed by atoms with Crippen LogP contribution in [0.25, 0.3) is 0 Å². The van der Waals surface area contributed by atoms with E-state index in [2.05, 4.69) is 34.1 Å². The lowest BCUT2D eigenvalue weighted by Gasteiger charge is -2.40. The van der Waals surface area contributed by atoms with Gasteiger partial charge in [0.25, 0.3) is 0 Å². The lowest BCUT2D eigenvalue weighted by atomic mass is 9.73. The van der Waals surface area contributed by atoms with E-state index in [9.17, 15) is 0 Å². The Balaban J connectivity index is 1.54. The first kappa shape index (κ1) is 15.6. The fourth-order valence-electron chi connectivity index (χ4n) is 5.14. The second-order valence-corrected chi connectivity index (χ2v) is 7.67. The molecule has 3 nitrogen and oxygen atoms in total. The number of benzene rings is 1. The molecule has 3 aliphatic rings. The molecule has 2 fully saturated rings. The van der Waals surface area contributed by atoms with E-state index in [1.165, 1.54) is 58.3 Å². The first-order valence-corrected chi connectivity index (χ1v) is 9.37. The molecule has 0 saturated carbocycles. The lowest BCUT2D eigenvalue weighted by Crippen LogP contribution is -2.43. The van der Waals surface area contributed by atoms with Crippen molar-refractivity contribution < 1.29 is 4.74 Å². The highest BCUT2D eigenvalue weighted by molar-refractivity contribution is 5.43. The summed E-state index contributed by atoms with van der Waals surface area (Å²) in [7, 11) is 1.80. The van der Waals surface area contributed by atoms with Gasteiger partial charge in [-0.1, -0.05) is 24.3 Å². The molecular formula is C20H30N2O. The van der Waals surface area contributed by atoms with Crippen LogP contribution in [-0.4, -0.2) is 56.2 Å². The van der Waals surface area contributed by atoms with Crippen LogP contribution in [-0.2, 0) is 10.2 Å². The molecule has 1 atom stereocenters. The van der Waals surface area contributed by atoms with Crippen LogP contribution in [0.4, 0.5) is 0 Å². The molecule has 0 radical (unpaired) electrons. The maximum absolute atomic E-state index is 5.25. The third-order valence-electron chi connectivity index (χ3n) is 6.48. The highest BCUT2D eigenvalue weighted by atomic mass is 16.5. The SMILES string of the molecule is COCCN1CCC2(CC1)C[C@@H](N1CCCC1)c1ccccc12. The largest absolute Gasteiger partial charge is 0.383 e. The molecule has 3 heteroatoms. The summed E-state index contributed by atoms with van der Waals surface area (Å²) in [6.45, 7) is 7.00. The van der Waals surface area contributed by atoms with Crippen LogP contribution in [0.3, 0.4) is 0 Å². The Morgan fingerprint density at radius 3 is 2.57 bits per heavy atom. The van der Waals surface area contributed by atoms with Gasteiger partial charge in [-0.05, 0) is 74.8 Å². The van der Waals surface area contributed by atoms with E-state index in [1.54, 1.807) is 18.2 Å². The Morgan fingerprint density at radius 2 is 1.83 bits per heavy atom. The summed E-state index contributed by atoms with van der Waals surface area (Å²) in [6, 6.07) is 10.0. The number of piperidine rings is 1. The summed E-state index contributed by atoms with van der Waals surface area (Å²) in [5.41, 5.74) is 3.75. The Hall–Kier alpha value is -0.900. The summed E-state index contributed by atoms with van der Waals surface area (Å²) in [4.78, 5) is 5.34. The molecule has 2 aliphatic heterocycles. The summed E-state index contributed by atoms with van der Waals surface area (Å²) in [6.07, 6.45) is 6.76. The standard InChI is InChI=1S/C20H30N2O/c1-23-15-14-21-12-8-20(9-13-21)16-19(22-10-4-5-11-22)17-6-2-3-7-18(17)20/h2-3,6-7,19H,4-5,8-16H2,1H3/t19-/m1/s1. The number of nitrogens with zero attached hydrogens (tertiary/aromatic N) is 2. The number of rotatable bonds is 4. The highest BCUT2D eigenvalue weighted by Crippen LogP contribution is 2.53. The monoisotopic (exact) mass is 314 g/mol. The molecule has 0 amide bonds. The van der Waals surface area contributed by atoms with Crippen molar-refractivity contribution in [2.75, 3.05) is 46.4 Å². The van der Waals surface area contributed by atoms with Crippen molar-refractivity contribution in [3.63, 3.8) is 0 Å². The lowest BCUT2D eigenvalue weighted by molar-refractivity contribution is 0.100. The third kappa shape index (κ3) is 2.84. The first-order chi connectivity index (χ1) is 11.3. The van der Waals surface area contributed by atoms with E-state index in [1.807, 2.05) is 0 Å². The summed E-state index contributed by atoms with van der Waals surface area (Å²) >= 11 is 0. The predicted octanol–water partition coefficient (Wildman–Crippen LogP) is 3.21. The van der Waals surface area contributed by atoms with E-state index >= 15 is 0 Å². The normalized spacial score (nSPS) is 27.6. The molecule has 2 heterocycles. The zero-order valence-electron chi connectivity index (χ0n) is 14.5. The smallest absolute Gasteiger partial charge is 0.0589 e. The molecule has 1 spiro atoms. The van der Waals surface area contributed by atoms with Gasteiger partial charge in [0.1, 0.15) is 0 Å². The zero-order valence-corrected chi connectivity index (χ0v) is 14.5. The van der Waals surface area contributed by atoms with Gasteiger partial charge in [-0.15, -0.1) is 0 Å². The van der Waals surface area contributed by atoms with Crippen molar-refractivity contribution in [2.45, 2.75) is 43.6 Å². The quantitative estimate of drug-likeness (QED) is 0.849. The minimum absolute atomic E-state index is 0.438. The number of likely N-dealkylation sites (tertiary alicyclic amines) is 2. The van der Waals surface area contributed by atoms with Crippen molar-refractivity contribution in [2.24, 2.45) is 0 Å². The fourth-order valence-corrected chi connectivity index (χ4v) is 5.14. The minimum atomic E-state index is 0.438. The average Bonchev–Trinajstić information content (AvgIpc) is 3.22. The number of ether oxygens (including phenoxy) is 1. The maximum Gasteiger partial charge on any atom is 0.0589 e. The predicted molar refractivity (Wildman–Crippen MR) is 93.8 cm³/mol. The molecule has 0 unspecified atom stereocenters. The molecule has 1 aromatic carbocycles. The van der Waals surface area contributed by atoms with E-state index in [0.717, 1.165) is 13.2 Å². The van der Waals surface area contributed by atoms with E-state index < -0.39 is 0 Å². The van der Waals surface area contributed by atoms with Crippen LogP contribution in [0.5, 0.6) is 0 Å². The Morgan fingerprint density at radius 1 is 1.09 bits per heavy atom. The van der Waals surface area contributed by atoms with Crippen LogP contribution in [0, 0.1) is 0 Å². The molecule has 1 aliphatic carbocycles. The Kier molecular flexibility index (Phi) is 4.44. The van der Waals surface area contributed by atoms with Crippen LogP contribution >= 0.6 is 0 Å². The van der Waals surface area contributed by atoms with Crippen LogP contribution in [0.1, 0.15) is 49.3 Å². The van der Waals surface area contributed by atoms with Crippen LogP contribution in [0.15, 0.2) is 24.3 Å². The van der Waals surface area contributed by atoms with Gasteiger partial charge < -0.3 is 9.64 Å². The van der Waals surface area contributed by atoms with Gasteiger partial charge in [-0.2, -0.15) is 0 Å². The molecular weight excluding hydrogens is 284 g/mol. The number of hydrogen-bond donors (Lipinski definition) is 0. The van der Waals surface area contributed by atoms with Crippen molar-refractivity contribution in [1.29, 1.82) is 0 Å². The van der Waals surface area contributed by atoms with E-state index in [4.69, 9.17) is 4.74 Å². The summed E-state index contributed by atoms with van der Waals surface area (Å²) in [5, 5.41) is 0. The third-order valence-corrected chi connectivity index (χ3v) is 6.48. The summed E-state index contributed by atoms with van der Waals surface area (Å²) < 4.78 is 5.25. The topological polar surface area (TPSA) is 15.7 Å². The van der Waals surface area contributed by atoms with E-state index in [0.29, 0.717) is 11.5 Å². The number of hydrogen-bond acceptors (Lipinski definition) is 3. The van der Waals surface area contributed by atoms with E-state index in [-0.39, 0.29) is 0 Å². The fraction of sp³-hybridized carbons (Fsp3) is 0.700. The molecule has 4 rings (SSSR count). The first-order valence-electron chi connectivity index (χ1n) is 9.37. The second-order valence-electron chi connectivity index (χ2n) is 7.67. The molecule has 126 valence electrons. The van der Waals surface area contributed by atoms with Gasteiger partial charge in [-0.3, -0.25) is 4.90 Å². The maximum atomic E-state index is 5.25. The average molecular weight is 314 g/mol. The molecule has 1 aromatic rings. The van der Waals surface area contributed by atoms with Gasteiger partial charge in [0.05, 0.1) is 6.61 Å². The van der Waals surface area contributed by atoms with Crippen molar-refractivity contribution in [3.8, 4) is 0 Å². The molecule has 2 saturated heterocycles. The Bertz CT molecular complexity index is 530. The zero-order chi connectivity index (χ0) is 15.7. The van der Waals surface area contributed by atoms with Gasteiger partial charge in [0.15, 0.2) is 0 Å². The van der Waals surface area contributed by atoms with Crippen LogP contribution in [0.2, 0.25) is 0 Å². The minimum Gasteiger partial charge on any atom is -0.383 e. The molecule has 0 N–H and O–H groups in total. The van der Waals surface area contributed by atoms with Gasteiger partial charge >= 0.3 is 0 Å². The number of methoxy groups -OCH3 is 1. The highest BCUT2D eigenvalue weighted by Gasteiger charge is 2.46. The van der Waals surface area contributed by atoms with Gasteiger partial charge in [-0.25, -0.2) is 0 Å².